The van der Waals surface area contributed by atoms with Gasteiger partial charge in [0.15, 0.2) is 6.54 Å². The van der Waals surface area contributed by atoms with Crippen molar-refractivity contribution in [3.63, 3.8) is 0 Å². The Labute approximate surface area is 136 Å². The highest BCUT2D eigenvalue weighted by molar-refractivity contribution is 6.31. The van der Waals surface area contributed by atoms with E-state index in [1.165, 1.54) is 24.2 Å². The second-order valence-electron chi connectivity index (χ2n) is 5.72. The molecular weight excluding hydrogens is 302 g/mol. The predicted molar refractivity (Wildman–Crippen MR) is 87.2 cm³/mol. The van der Waals surface area contributed by atoms with Crippen molar-refractivity contribution in [2.75, 3.05) is 31.5 Å². The highest BCUT2D eigenvalue weighted by Gasteiger charge is 2.17. The van der Waals surface area contributed by atoms with Crippen molar-refractivity contribution in [2.45, 2.75) is 26.2 Å². The largest absolute Gasteiger partial charge is 0.342 e. The van der Waals surface area contributed by atoms with Gasteiger partial charge in [0.05, 0.1) is 19.6 Å². The third-order valence-electron chi connectivity index (χ3n) is 3.96. The summed E-state index contributed by atoms with van der Waals surface area (Å²) in [5, 5.41) is 6.05. The van der Waals surface area contributed by atoms with Crippen LogP contribution in [0.15, 0.2) is 18.2 Å². The first-order valence-electron chi connectivity index (χ1n) is 7.71. The van der Waals surface area contributed by atoms with Crippen LogP contribution in [0.2, 0.25) is 5.02 Å². The number of rotatable bonds is 5. The predicted octanol–water partition coefficient (Wildman–Crippen LogP) is 0.772. The van der Waals surface area contributed by atoms with Gasteiger partial charge in [0, 0.05) is 10.7 Å². The summed E-state index contributed by atoms with van der Waals surface area (Å²) >= 11 is 6.01. The molecule has 0 bridgehead atoms. The summed E-state index contributed by atoms with van der Waals surface area (Å²) in [6, 6.07) is 5.35. The van der Waals surface area contributed by atoms with E-state index in [0.29, 0.717) is 17.3 Å². The van der Waals surface area contributed by atoms with Crippen molar-refractivity contribution >= 4 is 29.1 Å². The normalized spacial score (nSPS) is 15.4. The summed E-state index contributed by atoms with van der Waals surface area (Å²) in [7, 11) is 0. The van der Waals surface area contributed by atoms with Gasteiger partial charge in [-0.05, 0) is 43.9 Å². The van der Waals surface area contributed by atoms with Crippen LogP contribution in [0.3, 0.4) is 0 Å². The molecule has 22 heavy (non-hydrogen) atoms. The van der Waals surface area contributed by atoms with Crippen molar-refractivity contribution in [1.29, 1.82) is 0 Å². The Morgan fingerprint density at radius 3 is 2.64 bits per heavy atom. The third-order valence-corrected chi connectivity index (χ3v) is 4.37. The van der Waals surface area contributed by atoms with Crippen molar-refractivity contribution in [1.82, 2.24) is 5.32 Å². The van der Waals surface area contributed by atoms with Crippen LogP contribution >= 0.6 is 11.6 Å². The summed E-state index contributed by atoms with van der Waals surface area (Å²) in [6.07, 6.45) is 3.61. The number of piperidine rings is 1. The number of halogens is 1. The van der Waals surface area contributed by atoms with E-state index in [1.807, 2.05) is 6.92 Å². The SMILES string of the molecule is Cc1c(Cl)cccc1NC(=O)CNC(=O)C[NH+]1CCCCC1. The number of likely N-dealkylation sites (tertiary alicyclic amines) is 1. The number of hydrogen-bond acceptors (Lipinski definition) is 2. The molecule has 1 saturated heterocycles. The van der Waals surface area contributed by atoms with Gasteiger partial charge in [-0.1, -0.05) is 17.7 Å². The van der Waals surface area contributed by atoms with Crippen molar-refractivity contribution in [3.8, 4) is 0 Å². The zero-order valence-corrected chi connectivity index (χ0v) is 13.6. The molecule has 0 spiro atoms. The molecule has 0 saturated carbocycles. The maximum atomic E-state index is 11.9. The first-order valence-corrected chi connectivity index (χ1v) is 8.09. The molecule has 1 fully saturated rings. The molecule has 120 valence electrons. The van der Waals surface area contributed by atoms with Gasteiger partial charge in [-0.15, -0.1) is 0 Å². The third kappa shape index (κ3) is 5.00. The summed E-state index contributed by atoms with van der Waals surface area (Å²) in [5.74, 6) is -0.317. The Morgan fingerprint density at radius 2 is 1.91 bits per heavy atom. The number of hydrogen-bond donors (Lipinski definition) is 3. The molecule has 6 heteroatoms. The quantitative estimate of drug-likeness (QED) is 0.749. The van der Waals surface area contributed by atoms with Gasteiger partial charge in [0.2, 0.25) is 5.91 Å². The molecule has 1 aromatic rings. The van der Waals surface area contributed by atoms with Crippen LogP contribution in [0.4, 0.5) is 5.69 Å². The lowest BCUT2D eigenvalue weighted by atomic mass is 10.1. The maximum absolute atomic E-state index is 11.9. The standard InChI is InChI=1S/C16H22ClN3O2/c1-12-13(17)6-5-7-14(12)19-15(21)10-18-16(22)11-20-8-3-2-4-9-20/h5-7H,2-4,8-11H2,1H3,(H,18,22)(H,19,21)/p+1. The minimum Gasteiger partial charge on any atom is -0.342 e. The van der Waals surface area contributed by atoms with Crippen molar-refractivity contribution in [2.24, 2.45) is 0 Å². The van der Waals surface area contributed by atoms with Gasteiger partial charge >= 0.3 is 0 Å². The molecule has 3 N–H and O–H groups in total. The highest BCUT2D eigenvalue weighted by Crippen LogP contribution is 2.22. The fraction of sp³-hybridized carbons (Fsp3) is 0.500. The van der Waals surface area contributed by atoms with Gasteiger partial charge in [-0.25, -0.2) is 0 Å². The Balaban J connectivity index is 1.75. The van der Waals surface area contributed by atoms with Crippen LogP contribution in [-0.2, 0) is 9.59 Å². The highest BCUT2D eigenvalue weighted by atomic mass is 35.5. The lowest BCUT2D eigenvalue weighted by molar-refractivity contribution is -0.896. The second-order valence-corrected chi connectivity index (χ2v) is 6.13. The zero-order valence-electron chi connectivity index (χ0n) is 12.9. The van der Waals surface area contributed by atoms with E-state index in [-0.39, 0.29) is 18.4 Å². The van der Waals surface area contributed by atoms with Crippen molar-refractivity contribution < 1.29 is 14.5 Å². The zero-order chi connectivity index (χ0) is 15.9. The Hall–Kier alpha value is -1.59. The molecule has 0 aliphatic carbocycles. The Kier molecular flexibility index (Phi) is 6.21. The second kappa shape index (κ2) is 8.15. The van der Waals surface area contributed by atoms with Crippen LogP contribution in [0.5, 0.6) is 0 Å². The molecule has 0 atom stereocenters. The monoisotopic (exact) mass is 324 g/mol. The van der Waals surface area contributed by atoms with Gasteiger partial charge < -0.3 is 15.5 Å². The minimum absolute atomic E-state index is 0.0158. The summed E-state index contributed by atoms with van der Waals surface area (Å²) < 4.78 is 0. The molecule has 2 amide bonds. The van der Waals surface area contributed by atoms with Gasteiger partial charge in [0.25, 0.3) is 5.91 Å². The van der Waals surface area contributed by atoms with Crippen LogP contribution in [0, 0.1) is 6.92 Å². The van der Waals surface area contributed by atoms with E-state index in [9.17, 15) is 9.59 Å². The molecule has 1 aliphatic heterocycles. The van der Waals surface area contributed by atoms with E-state index < -0.39 is 0 Å². The lowest BCUT2D eigenvalue weighted by Gasteiger charge is -2.22. The molecule has 1 aromatic carbocycles. The molecule has 5 nitrogen and oxygen atoms in total. The Bertz CT molecular complexity index is 542. The average Bonchev–Trinajstić information content (AvgIpc) is 2.51. The van der Waals surface area contributed by atoms with E-state index in [2.05, 4.69) is 10.6 Å². The number of benzene rings is 1. The summed E-state index contributed by atoms with van der Waals surface area (Å²) in [5.41, 5.74) is 1.50. The minimum atomic E-state index is -0.243. The first kappa shape index (κ1) is 16.8. The first-order chi connectivity index (χ1) is 10.6. The number of nitrogens with one attached hydrogen (secondary N) is 3. The van der Waals surface area contributed by atoms with Crippen LogP contribution in [0.25, 0.3) is 0 Å². The number of amides is 2. The number of carbonyl (C=O) groups is 2. The number of carbonyl (C=O) groups excluding carboxylic acids is 2. The molecule has 0 radical (unpaired) electrons. The van der Waals surface area contributed by atoms with Crippen LogP contribution in [-0.4, -0.2) is 38.0 Å². The fourth-order valence-corrected chi connectivity index (χ4v) is 2.81. The van der Waals surface area contributed by atoms with Gasteiger partial charge in [-0.2, -0.15) is 0 Å². The van der Waals surface area contributed by atoms with Crippen LogP contribution in [0.1, 0.15) is 24.8 Å². The van der Waals surface area contributed by atoms with E-state index in [1.54, 1.807) is 18.2 Å². The molecule has 1 aliphatic rings. The molecule has 0 aromatic heterocycles. The average molecular weight is 325 g/mol. The molecule has 0 unspecified atom stereocenters. The smallest absolute Gasteiger partial charge is 0.275 e. The lowest BCUT2D eigenvalue weighted by Crippen LogP contribution is -3.13. The van der Waals surface area contributed by atoms with Crippen molar-refractivity contribution in [3.05, 3.63) is 28.8 Å². The van der Waals surface area contributed by atoms with Gasteiger partial charge in [0.1, 0.15) is 0 Å². The fourth-order valence-electron chi connectivity index (χ4n) is 2.63. The molecule has 1 heterocycles. The van der Waals surface area contributed by atoms with E-state index in [4.69, 9.17) is 11.6 Å². The summed E-state index contributed by atoms with van der Waals surface area (Å²) in [6.45, 7) is 4.36. The molecule has 2 rings (SSSR count). The van der Waals surface area contributed by atoms with E-state index >= 15 is 0 Å². The number of quaternary nitrogens is 1. The summed E-state index contributed by atoms with van der Waals surface area (Å²) in [4.78, 5) is 25.1. The van der Waals surface area contributed by atoms with Crippen LogP contribution < -0.4 is 15.5 Å². The molecular formula is C16H23ClN3O2+. The van der Waals surface area contributed by atoms with E-state index in [0.717, 1.165) is 18.7 Å². The maximum Gasteiger partial charge on any atom is 0.275 e. The Morgan fingerprint density at radius 1 is 1.18 bits per heavy atom. The van der Waals surface area contributed by atoms with Gasteiger partial charge in [-0.3, -0.25) is 9.59 Å². The topological polar surface area (TPSA) is 62.6 Å². The number of anilines is 1.